The molecule has 0 aliphatic heterocycles. The Kier molecular flexibility index (Phi) is 4.85. The molecule has 2 aromatic carbocycles. The second-order valence-electron chi connectivity index (χ2n) is 4.69. The molecule has 1 unspecified atom stereocenters. The SMILES string of the molecule is COc1cc(NC(C)Cc2ccccc2F)ccc1Cl. The van der Waals surface area contributed by atoms with Crippen molar-refractivity contribution in [1.29, 1.82) is 0 Å². The lowest BCUT2D eigenvalue weighted by Gasteiger charge is -2.16. The highest BCUT2D eigenvalue weighted by Crippen LogP contribution is 2.27. The largest absolute Gasteiger partial charge is 0.495 e. The number of nitrogens with one attached hydrogen (secondary N) is 1. The van der Waals surface area contributed by atoms with Gasteiger partial charge in [-0.3, -0.25) is 0 Å². The first-order chi connectivity index (χ1) is 9.60. The van der Waals surface area contributed by atoms with E-state index in [1.807, 2.05) is 25.1 Å². The molecule has 0 aliphatic carbocycles. The summed E-state index contributed by atoms with van der Waals surface area (Å²) in [6.07, 6.45) is 0.609. The zero-order valence-electron chi connectivity index (χ0n) is 11.5. The Hall–Kier alpha value is -1.74. The van der Waals surface area contributed by atoms with Gasteiger partial charge in [0, 0.05) is 17.8 Å². The molecule has 0 saturated heterocycles. The zero-order valence-corrected chi connectivity index (χ0v) is 12.2. The summed E-state index contributed by atoms with van der Waals surface area (Å²) in [5.41, 5.74) is 1.60. The number of hydrogen-bond donors (Lipinski definition) is 1. The molecule has 0 spiro atoms. The normalized spacial score (nSPS) is 12.0. The molecule has 20 heavy (non-hydrogen) atoms. The molecule has 0 aliphatic rings. The lowest BCUT2D eigenvalue weighted by Crippen LogP contribution is -2.18. The molecular formula is C16H17ClFNO. The summed E-state index contributed by atoms with van der Waals surface area (Å²) < 4.78 is 18.8. The summed E-state index contributed by atoms with van der Waals surface area (Å²) in [7, 11) is 1.58. The van der Waals surface area contributed by atoms with Gasteiger partial charge in [-0.05, 0) is 37.1 Å². The van der Waals surface area contributed by atoms with Crippen molar-refractivity contribution in [3.8, 4) is 5.75 Å². The molecule has 106 valence electrons. The van der Waals surface area contributed by atoms with Crippen LogP contribution < -0.4 is 10.1 Å². The lowest BCUT2D eigenvalue weighted by molar-refractivity contribution is 0.415. The Morgan fingerprint density at radius 1 is 1.25 bits per heavy atom. The second kappa shape index (κ2) is 6.62. The van der Waals surface area contributed by atoms with E-state index in [2.05, 4.69) is 5.32 Å². The first-order valence-corrected chi connectivity index (χ1v) is 6.81. The minimum absolute atomic E-state index is 0.0952. The zero-order chi connectivity index (χ0) is 14.5. The van der Waals surface area contributed by atoms with Gasteiger partial charge >= 0.3 is 0 Å². The van der Waals surface area contributed by atoms with Crippen molar-refractivity contribution in [3.05, 3.63) is 58.9 Å². The summed E-state index contributed by atoms with van der Waals surface area (Å²) in [5.74, 6) is 0.449. The van der Waals surface area contributed by atoms with Crippen LogP contribution in [-0.2, 0) is 6.42 Å². The number of benzene rings is 2. The van der Waals surface area contributed by atoms with E-state index < -0.39 is 0 Å². The van der Waals surface area contributed by atoms with Crippen LogP contribution in [-0.4, -0.2) is 13.2 Å². The molecule has 2 nitrogen and oxygen atoms in total. The van der Waals surface area contributed by atoms with Gasteiger partial charge in [-0.2, -0.15) is 0 Å². The van der Waals surface area contributed by atoms with Crippen LogP contribution in [0.3, 0.4) is 0 Å². The van der Waals surface area contributed by atoms with Crippen molar-refractivity contribution < 1.29 is 9.13 Å². The van der Waals surface area contributed by atoms with E-state index >= 15 is 0 Å². The number of halogens is 2. The second-order valence-corrected chi connectivity index (χ2v) is 5.10. The van der Waals surface area contributed by atoms with Crippen molar-refractivity contribution >= 4 is 17.3 Å². The van der Waals surface area contributed by atoms with Gasteiger partial charge in [0.15, 0.2) is 0 Å². The van der Waals surface area contributed by atoms with Gasteiger partial charge in [0.05, 0.1) is 12.1 Å². The van der Waals surface area contributed by atoms with Crippen LogP contribution in [0.25, 0.3) is 0 Å². The molecule has 1 atom stereocenters. The monoisotopic (exact) mass is 293 g/mol. The molecule has 2 rings (SSSR count). The van der Waals surface area contributed by atoms with Crippen LogP contribution in [0.4, 0.5) is 10.1 Å². The molecule has 0 radical (unpaired) electrons. The lowest BCUT2D eigenvalue weighted by atomic mass is 10.1. The van der Waals surface area contributed by atoms with Crippen LogP contribution in [0, 0.1) is 5.82 Å². The topological polar surface area (TPSA) is 21.3 Å². The maximum absolute atomic E-state index is 13.6. The fourth-order valence-corrected chi connectivity index (χ4v) is 2.27. The van der Waals surface area contributed by atoms with Crippen molar-refractivity contribution in [2.45, 2.75) is 19.4 Å². The summed E-state index contributed by atoms with van der Waals surface area (Å²) in [6, 6.07) is 12.4. The van der Waals surface area contributed by atoms with Gasteiger partial charge in [0.2, 0.25) is 0 Å². The van der Waals surface area contributed by atoms with E-state index in [-0.39, 0.29) is 11.9 Å². The van der Waals surface area contributed by atoms with Crippen molar-refractivity contribution in [1.82, 2.24) is 0 Å². The Balaban J connectivity index is 2.05. The number of methoxy groups -OCH3 is 1. The van der Waals surface area contributed by atoms with Crippen LogP contribution in [0.1, 0.15) is 12.5 Å². The predicted octanol–water partition coefficient (Wildman–Crippen LogP) is 4.53. The number of anilines is 1. The maximum Gasteiger partial charge on any atom is 0.139 e. The van der Waals surface area contributed by atoms with Crippen LogP contribution in [0.2, 0.25) is 5.02 Å². The van der Waals surface area contributed by atoms with E-state index in [1.54, 1.807) is 25.3 Å². The minimum Gasteiger partial charge on any atom is -0.495 e. The standard InChI is InChI=1S/C16H17ClFNO/c1-11(9-12-5-3-4-6-15(12)18)19-13-7-8-14(17)16(10-13)20-2/h3-8,10-11,19H,9H2,1-2H3. The smallest absolute Gasteiger partial charge is 0.139 e. The molecule has 0 amide bonds. The Morgan fingerprint density at radius 3 is 2.70 bits per heavy atom. The average molecular weight is 294 g/mol. The molecule has 1 N–H and O–H groups in total. The van der Waals surface area contributed by atoms with E-state index in [4.69, 9.17) is 16.3 Å². The third kappa shape index (κ3) is 3.64. The van der Waals surface area contributed by atoms with Gasteiger partial charge in [0.25, 0.3) is 0 Å². The van der Waals surface area contributed by atoms with Gasteiger partial charge in [-0.1, -0.05) is 29.8 Å². The average Bonchev–Trinajstić information content (AvgIpc) is 2.43. The Morgan fingerprint density at radius 2 is 2.00 bits per heavy atom. The summed E-state index contributed by atoms with van der Waals surface area (Å²) in [5, 5.41) is 3.88. The number of hydrogen-bond acceptors (Lipinski definition) is 2. The molecule has 0 fully saturated rings. The highest BCUT2D eigenvalue weighted by Gasteiger charge is 2.09. The van der Waals surface area contributed by atoms with E-state index in [1.165, 1.54) is 6.07 Å². The molecule has 0 bridgehead atoms. The van der Waals surface area contributed by atoms with Gasteiger partial charge in [-0.15, -0.1) is 0 Å². The van der Waals surface area contributed by atoms with E-state index in [9.17, 15) is 4.39 Å². The quantitative estimate of drug-likeness (QED) is 0.874. The molecule has 0 heterocycles. The van der Waals surface area contributed by atoms with Crippen molar-refractivity contribution in [2.24, 2.45) is 0 Å². The molecule has 2 aromatic rings. The summed E-state index contributed by atoms with van der Waals surface area (Å²) >= 11 is 5.98. The van der Waals surface area contributed by atoms with Gasteiger partial charge in [0.1, 0.15) is 11.6 Å². The first-order valence-electron chi connectivity index (χ1n) is 6.43. The highest BCUT2D eigenvalue weighted by molar-refractivity contribution is 6.32. The maximum atomic E-state index is 13.6. The van der Waals surface area contributed by atoms with Crippen LogP contribution >= 0.6 is 11.6 Å². The van der Waals surface area contributed by atoms with Crippen molar-refractivity contribution in [2.75, 3.05) is 12.4 Å². The molecule has 4 heteroatoms. The number of rotatable bonds is 5. The third-order valence-electron chi connectivity index (χ3n) is 3.05. The predicted molar refractivity (Wildman–Crippen MR) is 81.2 cm³/mol. The number of ether oxygens (including phenoxy) is 1. The molecule has 0 saturated carbocycles. The summed E-state index contributed by atoms with van der Waals surface area (Å²) in [6.45, 7) is 2.01. The third-order valence-corrected chi connectivity index (χ3v) is 3.36. The Bertz CT molecular complexity index is 588. The van der Waals surface area contributed by atoms with Crippen molar-refractivity contribution in [3.63, 3.8) is 0 Å². The fraction of sp³-hybridized carbons (Fsp3) is 0.250. The highest BCUT2D eigenvalue weighted by atomic mass is 35.5. The minimum atomic E-state index is -0.171. The Labute approximate surface area is 123 Å². The molecule has 0 aromatic heterocycles. The van der Waals surface area contributed by atoms with Gasteiger partial charge in [-0.25, -0.2) is 4.39 Å². The van der Waals surface area contributed by atoms with E-state index in [0.717, 1.165) is 5.69 Å². The van der Waals surface area contributed by atoms with Gasteiger partial charge < -0.3 is 10.1 Å². The summed E-state index contributed by atoms with van der Waals surface area (Å²) in [4.78, 5) is 0. The van der Waals surface area contributed by atoms with Crippen LogP contribution in [0.15, 0.2) is 42.5 Å². The first kappa shape index (κ1) is 14.7. The van der Waals surface area contributed by atoms with E-state index in [0.29, 0.717) is 22.8 Å². The van der Waals surface area contributed by atoms with Crippen LogP contribution in [0.5, 0.6) is 5.75 Å². The fourth-order valence-electron chi connectivity index (χ4n) is 2.08. The molecular weight excluding hydrogens is 277 g/mol.